The van der Waals surface area contributed by atoms with Gasteiger partial charge in [-0.15, -0.1) is 0 Å². The Morgan fingerprint density at radius 2 is 1.67 bits per heavy atom. The number of benzene rings is 2. The SMILES string of the molecule is NC(Cc1ccc(Cl)cc1)Cc1ccc(Cl)cc1[N+](=O)[O-]. The summed E-state index contributed by atoms with van der Waals surface area (Å²) in [6.07, 6.45) is 1.03. The molecule has 1 atom stereocenters. The van der Waals surface area contributed by atoms with E-state index in [0.29, 0.717) is 28.5 Å². The first kappa shape index (κ1) is 15.8. The zero-order chi connectivity index (χ0) is 15.4. The van der Waals surface area contributed by atoms with Crippen molar-refractivity contribution in [2.24, 2.45) is 5.73 Å². The Labute approximate surface area is 132 Å². The van der Waals surface area contributed by atoms with Gasteiger partial charge in [-0.1, -0.05) is 41.4 Å². The van der Waals surface area contributed by atoms with Crippen LogP contribution in [-0.4, -0.2) is 11.0 Å². The molecule has 0 bridgehead atoms. The van der Waals surface area contributed by atoms with E-state index in [1.165, 1.54) is 6.07 Å². The molecule has 0 amide bonds. The number of nitrogens with zero attached hydrogens (tertiary/aromatic N) is 1. The summed E-state index contributed by atoms with van der Waals surface area (Å²) in [5, 5.41) is 12.1. The molecule has 0 radical (unpaired) electrons. The Hall–Kier alpha value is -1.62. The molecule has 21 heavy (non-hydrogen) atoms. The number of halogens is 2. The van der Waals surface area contributed by atoms with E-state index in [1.807, 2.05) is 12.1 Å². The number of hydrogen-bond donors (Lipinski definition) is 1. The zero-order valence-corrected chi connectivity index (χ0v) is 12.6. The van der Waals surface area contributed by atoms with Crippen LogP contribution in [0.15, 0.2) is 42.5 Å². The first-order valence-electron chi connectivity index (χ1n) is 6.38. The van der Waals surface area contributed by atoms with Gasteiger partial charge in [0.05, 0.1) is 4.92 Å². The highest BCUT2D eigenvalue weighted by Gasteiger charge is 2.17. The van der Waals surface area contributed by atoms with E-state index in [9.17, 15) is 10.1 Å². The third-order valence-electron chi connectivity index (χ3n) is 3.14. The summed E-state index contributed by atoms with van der Waals surface area (Å²) < 4.78 is 0. The van der Waals surface area contributed by atoms with Gasteiger partial charge in [0.1, 0.15) is 0 Å². The van der Waals surface area contributed by atoms with Crippen molar-refractivity contribution in [3.05, 3.63) is 73.8 Å². The predicted octanol–water partition coefficient (Wildman–Crippen LogP) is 4.01. The van der Waals surface area contributed by atoms with Gasteiger partial charge < -0.3 is 5.73 Å². The summed E-state index contributed by atoms with van der Waals surface area (Å²) in [5.74, 6) is 0. The molecule has 0 aliphatic heterocycles. The summed E-state index contributed by atoms with van der Waals surface area (Å²) in [7, 11) is 0. The van der Waals surface area contributed by atoms with E-state index in [2.05, 4.69) is 0 Å². The van der Waals surface area contributed by atoms with E-state index in [1.54, 1.807) is 24.3 Å². The van der Waals surface area contributed by atoms with Crippen molar-refractivity contribution in [3.63, 3.8) is 0 Å². The van der Waals surface area contributed by atoms with Crippen molar-refractivity contribution >= 4 is 28.9 Å². The molecular formula is C15H14Cl2N2O2. The molecule has 0 aromatic heterocycles. The maximum Gasteiger partial charge on any atom is 0.274 e. The summed E-state index contributed by atoms with van der Waals surface area (Å²) in [6.45, 7) is 0. The lowest BCUT2D eigenvalue weighted by Crippen LogP contribution is -2.25. The Kier molecular flexibility index (Phi) is 5.17. The van der Waals surface area contributed by atoms with E-state index < -0.39 is 4.92 Å². The Bertz CT molecular complexity index is 645. The van der Waals surface area contributed by atoms with Gasteiger partial charge in [-0.3, -0.25) is 10.1 Å². The molecule has 110 valence electrons. The molecular weight excluding hydrogens is 311 g/mol. The molecule has 0 saturated heterocycles. The van der Waals surface area contributed by atoms with Gasteiger partial charge in [0.2, 0.25) is 0 Å². The first-order valence-corrected chi connectivity index (χ1v) is 7.14. The third-order valence-corrected chi connectivity index (χ3v) is 3.62. The van der Waals surface area contributed by atoms with Crippen molar-refractivity contribution in [1.82, 2.24) is 0 Å². The zero-order valence-electron chi connectivity index (χ0n) is 11.1. The summed E-state index contributed by atoms with van der Waals surface area (Å²) in [6, 6.07) is 11.8. The average Bonchev–Trinajstić information content (AvgIpc) is 2.43. The second-order valence-corrected chi connectivity index (χ2v) is 5.70. The minimum absolute atomic E-state index is 0.00839. The fourth-order valence-corrected chi connectivity index (χ4v) is 2.45. The molecule has 0 spiro atoms. The van der Waals surface area contributed by atoms with Crippen molar-refractivity contribution in [1.29, 1.82) is 0 Å². The fraction of sp³-hybridized carbons (Fsp3) is 0.200. The molecule has 0 aliphatic rings. The second kappa shape index (κ2) is 6.89. The van der Waals surface area contributed by atoms with Gasteiger partial charge in [0.25, 0.3) is 5.69 Å². The van der Waals surface area contributed by atoms with Crippen LogP contribution in [0, 0.1) is 10.1 Å². The molecule has 0 saturated carbocycles. The molecule has 4 nitrogen and oxygen atoms in total. The highest BCUT2D eigenvalue weighted by molar-refractivity contribution is 6.31. The molecule has 0 aliphatic carbocycles. The standard InChI is InChI=1S/C15H14Cl2N2O2/c16-12-4-1-10(2-5-12)7-14(18)8-11-3-6-13(17)9-15(11)19(20)21/h1-6,9,14H,7-8,18H2. The summed E-state index contributed by atoms with van der Waals surface area (Å²) in [5.41, 5.74) is 7.74. The van der Waals surface area contributed by atoms with E-state index >= 15 is 0 Å². The van der Waals surface area contributed by atoms with Gasteiger partial charge in [-0.25, -0.2) is 0 Å². The smallest absolute Gasteiger partial charge is 0.274 e. The number of nitro groups is 1. The predicted molar refractivity (Wildman–Crippen MR) is 84.9 cm³/mol. The first-order chi connectivity index (χ1) is 9.95. The average molecular weight is 325 g/mol. The van der Waals surface area contributed by atoms with Crippen LogP contribution < -0.4 is 5.73 Å². The maximum absolute atomic E-state index is 11.0. The summed E-state index contributed by atoms with van der Waals surface area (Å²) >= 11 is 11.6. The molecule has 0 fully saturated rings. The normalized spacial score (nSPS) is 12.1. The van der Waals surface area contributed by atoms with E-state index in [-0.39, 0.29) is 11.7 Å². The number of rotatable bonds is 5. The van der Waals surface area contributed by atoms with Crippen molar-refractivity contribution < 1.29 is 4.92 Å². The van der Waals surface area contributed by atoms with Crippen LogP contribution >= 0.6 is 23.2 Å². The van der Waals surface area contributed by atoms with Gasteiger partial charge in [-0.2, -0.15) is 0 Å². The van der Waals surface area contributed by atoms with Crippen molar-refractivity contribution in [3.8, 4) is 0 Å². The lowest BCUT2D eigenvalue weighted by molar-refractivity contribution is -0.385. The largest absolute Gasteiger partial charge is 0.327 e. The second-order valence-electron chi connectivity index (χ2n) is 4.82. The molecule has 1 unspecified atom stereocenters. The Morgan fingerprint density at radius 1 is 1.05 bits per heavy atom. The van der Waals surface area contributed by atoms with Crippen LogP contribution in [0.4, 0.5) is 5.69 Å². The highest BCUT2D eigenvalue weighted by Crippen LogP contribution is 2.24. The molecule has 2 aromatic rings. The fourth-order valence-electron chi connectivity index (χ4n) is 2.16. The Morgan fingerprint density at radius 3 is 2.29 bits per heavy atom. The van der Waals surface area contributed by atoms with Crippen LogP contribution in [0.3, 0.4) is 0 Å². The molecule has 0 heterocycles. The molecule has 2 rings (SSSR count). The van der Waals surface area contributed by atoms with Gasteiger partial charge in [0, 0.05) is 27.7 Å². The van der Waals surface area contributed by atoms with E-state index in [0.717, 1.165) is 5.56 Å². The lowest BCUT2D eigenvalue weighted by Gasteiger charge is -2.12. The highest BCUT2D eigenvalue weighted by atomic mass is 35.5. The van der Waals surface area contributed by atoms with E-state index in [4.69, 9.17) is 28.9 Å². The number of nitro benzene ring substituents is 1. The van der Waals surface area contributed by atoms with Crippen LogP contribution in [0.2, 0.25) is 10.0 Å². The van der Waals surface area contributed by atoms with Gasteiger partial charge in [-0.05, 0) is 36.6 Å². The van der Waals surface area contributed by atoms with Crippen molar-refractivity contribution in [2.45, 2.75) is 18.9 Å². The minimum Gasteiger partial charge on any atom is -0.327 e. The third kappa shape index (κ3) is 4.43. The van der Waals surface area contributed by atoms with Gasteiger partial charge in [0.15, 0.2) is 0 Å². The van der Waals surface area contributed by atoms with Crippen LogP contribution in [0.25, 0.3) is 0 Å². The Balaban J connectivity index is 2.10. The number of hydrogen-bond acceptors (Lipinski definition) is 3. The quantitative estimate of drug-likeness (QED) is 0.667. The number of nitrogens with two attached hydrogens (primary N) is 1. The van der Waals surface area contributed by atoms with Gasteiger partial charge >= 0.3 is 0 Å². The van der Waals surface area contributed by atoms with Crippen LogP contribution in [0.5, 0.6) is 0 Å². The minimum atomic E-state index is -0.434. The molecule has 2 N–H and O–H groups in total. The topological polar surface area (TPSA) is 69.2 Å². The van der Waals surface area contributed by atoms with Crippen LogP contribution in [0.1, 0.15) is 11.1 Å². The maximum atomic E-state index is 11.0. The monoisotopic (exact) mass is 324 g/mol. The summed E-state index contributed by atoms with van der Waals surface area (Å²) in [4.78, 5) is 10.6. The lowest BCUT2D eigenvalue weighted by atomic mass is 9.99. The van der Waals surface area contributed by atoms with Crippen LogP contribution in [-0.2, 0) is 12.8 Å². The molecule has 6 heteroatoms. The van der Waals surface area contributed by atoms with Crippen molar-refractivity contribution in [2.75, 3.05) is 0 Å². The molecule has 2 aromatic carbocycles.